The number of ether oxygens (including phenoxy) is 1. The van der Waals surface area contributed by atoms with E-state index in [0.717, 1.165) is 5.56 Å². The summed E-state index contributed by atoms with van der Waals surface area (Å²) in [6, 6.07) is 8.29. The Balaban J connectivity index is 0.00000108. The molecule has 0 saturated carbocycles. The van der Waals surface area contributed by atoms with E-state index in [9.17, 15) is 9.59 Å². The standard InChI is InChI=1S/C14H19NO4.C2H7NO/c1-3-10(2)12(13(16)17)15-14(18)19-9-11-7-5-4-6-8-11;1-3-4-2/h4-8,10,12H,3,9H2,1-2H3,(H,15,18)(H,16,17);3H,1-2H3/t10-,12-;/m1./s1. The second kappa shape index (κ2) is 12.4. The highest BCUT2D eigenvalue weighted by Gasteiger charge is 2.25. The molecule has 0 aliphatic carbocycles. The molecule has 2 atom stereocenters. The summed E-state index contributed by atoms with van der Waals surface area (Å²) in [7, 11) is 3.28. The molecule has 1 aromatic carbocycles. The molecule has 0 unspecified atom stereocenters. The topological polar surface area (TPSA) is 96.9 Å². The largest absolute Gasteiger partial charge is 0.480 e. The van der Waals surface area contributed by atoms with E-state index in [2.05, 4.69) is 15.6 Å². The third-order valence-corrected chi connectivity index (χ3v) is 3.17. The van der Waals surface area contributed by atoms with Crippen molar-refractivity contribution in [2.45, 2.75) is 32.9 Å². The third-order valence-electron chi connectivity index (χ3n) is 3.17. The molecule has 0 heterocycles. The first-order valence-corrected chi connectivity index (χ1v) is 7.35. The normalized spacial score (nSPS) is 12.3. The van der Waals surface area contributed by atoms with Gasteiger partial charge in [-0.25, -0.2) is 15.1 Å². The van der Waals surface area contributed by atoms with Crippen LogP contribution in [0.2, 0.25) is 0 Å². The number of hydrogen-bond donors (Lipinski definition) is 3. The molecule has 0 saturated heterocycles. The zero-order chi connectivity index (χ0) is 17.7. The number of hydroxylamine groups is 1. The van der Waals surface area contributed by atoms with Crippen molar-refractivity contribution in [3.8, 4) is 0 Å². The quantitative estimate of drug-likeness (QED) is 0.665. The number of alkyl carbamates (subject to hydrolysis) is 1. The third kappa shape index (κ3) is 9.49. The molecule has 0 aliphatic heterocycles. The fraction of sp³-hybridized carbons (Fsp3) is 0.500. The SMILES string of the molecule is CC[C@@H](C)[C@@H](NC(=O)OCc1ccccc1)C(=O)O.CNOC. The molecule has 1 rings (SSSR count). The van der Waals surface area contributed by atoms with Crippen molar-refractivity contribution in [1.29, 1.82) is 0 Å². The van der Waals surface area contributed by atoms with E-state index < -0.39 is 18.1 Å². The summed E-state index contributed by atoms with van der Waals surface area (Å²) >= 11 is 0. The van der Waals surface area contributed by atoms with Crippen LogP contribution in [0.5, 0.6) is 0 Å². The monoisotopic (exact) mass is 326 g/mol. The molecule has 0 bridgehead atoms. The number of carbonyl (C=O) groups is 2. The van der Waals surface area contributed by atoms with E-state index in [-0.39, 0.29) is 12.5 Å². The van der Waals surface area contributed by atoms with E-state index >= 15 is 0 Å². The van der Waals surface area contributed by atoms with Crippen LogP contribution in [0.1, 0.15) is 25.8 Å². The van der Waals surface area contributed by atoms with Gasteiger partial charge in [-0.15, -0.1) is 0 Å². The van der Waals surface area contributed by atoms with Gasteiger partial charge in [-0.05, 0) is 11.5 Å². The Bertz CT molecular complexity index is 451. The van der Waals surface area contributed by atoms with Gasteiger partial charge in [0.1, 0.15) is 12.6 Å². The Kier molecular flexibility index (Phi) is 11.3. The predicted octanol–water partition coefficient (Wildman–Crippen LogP) is 2.18. The molecule has 1 amide bonds. The highest BCUT2D eigenvalue weighted by atomic mass is 16.6. The molecule has 0 radical (unpaired) electrons. The maximum Gasteiger partial charge on any atom is 0.408 e. The Morgan fingerprint density at radius 2 is 1.83 bits per heavy atom. The Morgan fingerprint density at radius 1 is 1.26 bits per heavy atom. The number of carbonyl (C=O) groups excluding carboxylic acids is 1. The Hall–Kier alpha value is -2.12. The first kappa shape index (κ1) is 20.9. The van der Waals surface area contributed by atoms with Crippen molar-refractivity contribution < 1.29 is 24.3 Å². The minimum Gasteiger partial charge on any atom is -0.480 e. The minimum absolute atomic E-state index is 0.125. The molecule has 0 fully saturated rings. The van der Waals surface area contributed by atoms with Gasteiger partial charge in [0.05, 0.1) is 7.11 Å². The van der Waals surface area contributed by atoms with Gasteiger partial charge in [-0.2, -0.15) is 0 Å². The van der Waals surface area contributed by atoms with Crippen LogP contribution >= 0.6 is 0 Å². The van der Waals surface area contributed by atoms with Crippen LogP contribution in [-0.2, 0) is 21.0 Å². The van der Waals surface area contributed by atoms with Gasteiger partial charge < -0.3 is 20.0 Å². The first-order chi connectivity index (χ1) is 11.0. The number of amides is 1. The van der Waals surface area contributed by atoms with Crippen LogP contribution < -0.4 is 10.8 Å². The Morgan fingerprint density at radius 3 is 2.26 bits per heavy atom. The summed E-state index contributed by atoms with van der Waals surface area (Å²) < 4.78 is 4.99. The van der Waals surface area contributed by atoms with Crippen molar-refractivity contribution in [3.05, 3.63) is 35.9 Å². The molecular weight excluding hydrogens is 300 g/mol. The summed E-state index contributed by atoms with van der Waals surface area (Å²) in [5.41, 5.74) is 3.29. The molecule has 130 valence electrons. The number of carboxylic acid groups (broad SMARTS) is 1. The van der Waals surface area contributed by atoms with Crippen molar-refractivity contribution >= 4 is 12.1 Å². The second-order valence-corrected chi connectivity index (χ2v) is 4.82. The lowest BCUT2D eigenvalue weighted by Gasteiger charge is -2.19. The molecule has 7 nitrogen and oxygen atoms in total. The molecule has 0 spiro atoms. The van der Waals surface area contributed by atoms with Crippen LogP contribution in [0.15, 0.2) is 30.3 Å². The zero-order valence-corrected chi connectivity index (χ0v) is 14.0. The predicted molar refractivity (Wildman–Crippen MR) is 86.7 cm³/mol. The van der Waals surface area contributed by atoms with Crippen LogP contribution in [0.4, 0.5) is 4.79 Å². The lowest BCUT2D eigenvalue weighted by atomic mass is 10.00. The number of rotatable bonds is 7. The van der Waals surface area contributed by atoms with Gasteiger partial charge in [-0.1, -0.05) is 50.6 Å². The van der Waals surface area contributed by atoms with Crippen LogP contribution in [0.3, 0.4) is 0 Å². The second-order valence-electron chi connectivity index (χ2n) is 4.82. The fourth-order valence-electron chi connectivity index (χ4n) is 1.57. The Labute approximate surface area is 136 Å². The molecule has 0 aromatic heterocycles. The van der Waals surface area contributed by atoms with Gasteiger partial charge in [0.25, 0.3) is 0 Å². The summed E-state index contributed by atoms with van der Waals surface area (Å²) in [5, 5.41) is 11.4. The van der Waals surface area contributed by atoms with Gasteiger partial charge in [-0.3, -0.25) is 0 Å². The average molecular weight is 326 g/mol. The van der Waals surface area contributed by atoms with Crippen LogP contribution in [0.25, 0.3) is 0 Å². The first-order valence-electron chi connectivity index (χ1n) is 7.35. The highest BCUT2D eigenvalue weighted by Crippen LogP contribution is 2.08. The molecule has 7 heteroatoms. The smallest absolute Gasteiger partial charge is 0.408 e. The van der Waals surface area contributed by atoms with E-state index in [0.29, 0.717) is 6.42 Å². The lowest BCUT2D eigenvalue weighted by molar-refractivity contribution is -0.140. The molecular formula is C16H26N2O5. The highest BCUT2D eigenvalue weighted by molar-refractivity contribution is 5.80. The summed E-state index contributed by atoms with van der Waals surface area (Å²) in [6.07, 6.45) is -0.0489. The van der Waals surface area contributed by atoms with E-state index in [1.54, 1.807) is 21.1 Å². The van der Waals surface area contributed by atoms with Crippen molar-refractivity contribution in [2.75, 3.05) is 14.2 Å². The molecule has 0 aliphatic rings. The zero-order valence-electron chi connectivity index (χ0n) is 14.0. The maximum absolute atomic E-state index is 11.6. The number of benzene rings is 1. The number of carboxylic acids is 1. The van der Waals surface area contributed by atoms with Crippen molar-refractivity contribution in [1.82, 2.24) is 10.8 Å². The summed E-state index contributed by atoms with van der Waals surface area (Å²) in [4.78, 5) is 26.9. The number of hydrogen-bond acceptors (Lipinski definition) is 5. The molecule has 1 aromatic rings. The number of aliphatic carboxylic acids is 1. The fourth-order valence-corrected chi connectivity index (χ4v) is 1.57. The van der Waals surface area contributed by atoms with Crippen molar-refractivity contribution in [2.24, 2.45) is 5.92 Å². The molecule has 23 heavy (non-hydrogen) atoms. The van der Waals surface area contributed by atoms with Gasteiger partial charge in [0.2, 0.25) is 0 Å². The van der Waals surface area contributed by atoms with Crippen LogP contribution in [-0.4, -0.2) is 37.4 Å². The van der Waals surface area contributed by atoms with E-state index in [1.807, 2.05) is 37.3 Å². The maximum atomic E-state index is 11.6. The number of nitrogens with one attached hydrogen (secondary N) is 2. The lowest BCUT2D eigenvalue weighted by Crippen LogP contribution is -2.45. The van der Waals surface area contributed by atoms with Gasteiger partial charge in [0.15, 0.2) is 0 Å². The summed E-state index contributed by atoms with van der Waals surface area (Å²) in [6.45, 7) is 3.77. The average Bonchev–Trinajstić information content (AvgIpc) is 2.58. The summed E-state index contributed by atoms with van der Waals surface area (Å²) in [5.74, 6) is -1.20. The van der Waals surface area contributed by atoms with E-state index in [4.69, 9.17) is 9.84 Å². The van der Waals surface area contributed by atoms with Gasteiger partial charge in [0, 0.05) is 7.05 Å². The van der Waals surface area contributed by atoms with E-state index in [1.165, 1.54) is 0 Å². The van der Waals surface area contributed by atoms with Crippen LogP contribution in [0, 0.1) is 5.92 Å². The minimum atomic E-state index is -1.05. The molecule has 3 N–H and O–H groups in total. The van der Waals surface area contributed by atoms with Crippen molar-refractivity contribution in [3.63, 3.8) is 0 Å². The van der Waals surface area contributed by atoms with Gasteiger partial charge >= 0.3 is 12.1 Å².